The highest BCUT2D eigenvalue weighted by atomic mass is 32.1. The topological polar surface area (TPSA) is 51.2 Å². The molecule has 1 aliphatic heterocycles. The lowest BCUT2D eigenvalue weighted by Crippen LogP contribution is -2.49. The van der Waals surface area contributed by atoms with Crippen LogP contribution >= 0.6 is 11.3 Å². The molecule has 1 atom stereocenters. The summed E-state index contributed by atoms with van der Waals surface area (Å²) in [6.07, 6.45) is -0.536. The molecule has 2 aliphatic rings. The van der Waals surface area contributed by atoms with Gasteiger partial charge in [0.2, 0.25) is 0 Å². The molecule has 1 aliphatic carbocycles. The molecule has 2 heterocycles. The minimum Gasteiger partial charge on any atom is -0.371 e. The third kappa shape index (κ3) is 2.99. The predicted octanol–water partition coefficient (Wildman–Crippen LogP) is 3.44. The van der Waals surface area contributed by atoms with E-state index >= 15 is 0 Å². The number of amides is 1. The molecule has 1 aromatic rings. The van der Waals surface area contributed by atoms with Gasteiger partial charge in [0.25, 0.3) is 0 Å². The first kappa shape index (κ1) is 15.7. The fourth-order valence-electron chi connectivity index (χ4n) is 3.14. The summed E-state index contributed by atoms with van der Waals surface area (Å²) in [7, 11) is 0. The van der Waals surface area contributed by atoms with E-state index in [4.69, 9.17) is 4.74 Å². The average molecular weight is 334 g/mol. The fraction of sp³-hybridized carbons (Fsp3) is 0.714. The quantitative estimate of drug-likeness (QED) is 0.921. The smallest absolute Gasteiger partial charge is 0.371 e. The van der Waals surface area contributed by atoms with Gasteiger partial charge in [0, 0.05) is 12.0 Å². The molecular weight excluding hydrogens is 317 g/mol. The molecule has 1 saturated carbocycles. The minimum atomic E-state index is -4.87. The number of carbonyl (C=O) groups excluding carboxylic acids is 1. The molecule has 0 bridgehead atoms. The lowest BCUT2D eigenvalue weighted by Gasteiger charge is -2.29. The van der Waals surface area contributed by atoms with E-state index in [0.29, 0.717) is 25.1 Å². The van der Waals surface area contributed by atoms with Crippen LogP contribution in [0.15, 0.2) is 5.38 Å². The van der Waals surface area contributed by atoms with Crippen molar-refractivity contribution in [3.05, 3.63) is 16.1 Å². The normalized spacial score (nSPS) is 24.6. The van der Waals surface area contributed by atoms with Gasteiger partial charge in [0.1, 0.15) is 11.1 Å². The lowest BCUT2D eigenvalue weighted by atomic mass is 9.94. The molecule has 1 aromatic heterocycles. The lowest BCUT2D eigenvalue weighted by molar-refractivity contribution is -0.176. The Balaban J connectivity index is 1.83. The average Bonchev–Trinajstić information content (AvgIpc) is 3.19. The SMILES string of the molecule is O=C(NC1(c2csc([C@H]3CCCO3)n2)CCCC1)C(F)(F)F. The van der Waals surface area contributed by atoms with Crippen LogP contribution in [0.2, 0.25) is 0 Å². The Morgan fingerprint density at radius 1 is 1.36 bits per heavy atom. The molecule has 122 valence electrons. The standard InChI is InChI=1S/C14H17F3N2O2S/c15-14(16,17)12(20)19-13(5-1-2-6-13)10-8-22-11(18-10)9-4-3-7-21-9/h8-9H,1-7H2,(H,19,20)/t9-/m1/s1. The van der Waals surface area contributed by atoms with Gasteiger partial charge in [-0.25, -0.2) is 4.98 Å². The fourth-order valence-corrected chi connectivity index (χ4v) is 4.14. The van der Waals surface area contributed by atoms with E-state index in [9.17, 15) is 18.0 Å². The molecule has 1 amide bonds. The maximum absolute atomic E-state index is 12.6. The number of carbonyl (C=O) groups is 1. The van der Waals surface area contributed by atoms with Gasteiger partial charge in [-0.2, -0.15) is 13.2 Å². The number of ether oxygens (including phenoxy) is 1. The summed E-state index contributed by atoms with van der Waals surface area (Å²) >= 11 is 1.40. The van der Waals surface area contributed by atoms with Crippen LogP contribution in [0.25, 0.3) is 0 Å². The molecule has 1 saturated heterocycles. The largest absolute Gasteiger partial charge is 0.471 e. The van der Waals surface area contributed by atoms with Gasteiger partial charge in [-0.05, 0) is 25.7 Å². The van der Waals surface area contributed by atoms with E-state index in [-0.39, 0.29) is 6.10 Å². The number of thiazole rings is 1. The Kier molecular flexibility index (Phi) is 4.15. The molecule has 1 N–H and O–H groups in total. The van der Waals surface area contributed by atoms with E-state index in [1.54, 1.807) is 5.38 Å². The zero-order valence-corrected chi connectivity index (χ0v) is 12.7. The van der Waals surface area contributed by atoms with Crippen molar-refractivity contribution in [3.8, 4) is 0 Å². The van der Waals surface area contributed by atoms with Crippen LogP contribution in [0, 0.1) is 0 Å². The zero-order chi connectivity index (χ0) is 15.8. The number of nitrogens with zero attached hydrogens (tertiary/aromatic N) is 1. The minimum absolute atomic E-state index is 0.0597. The number of halogens is 3. The Morgan fingerprint density at radius 3 is 2.68 bits per heavy atom. The summed E-state index contributed by atoms with van der Waals surface area (Å²) in [6.45, 7) is 0.690. The van der Waals surface area contributed by atoms with Crippen LogP contribution in [-0.2, 0) is 15.1 Å². The molecule has 8 heteroatoms. The van der Waals surface area contributed by atoms with Crippen LogP contribution in [0.4, 0.5) is 13.2 Å². The van der Waals surface area contributed by atoms with Gasteiger partial charge in [-0.15, -0.1) is 11.3 Å². The van der Waals surface area contributed by atoms with Crippen molar-refractivity contribution >= 4 is 17.2 Å². The van der Waals surface area contributed by atoms with Gasteiger partial charge >= 0.3 is 12.1 Å². The third-order valence-electron chi connectivity index (χ3n) is 4.28. The Bertz CT molecular complexity index is 547. The van der Waals surface area contributed by atoms with E-state index in [1.807, 2.05) is 0 Å². The van der Waals surface area contributed by atoms with Crippen molar-refractivity contribution in [1.82, 2.24) is 10.3 Å². The first-order chi connectivity index (χ1) is 10.4. The van der Waals surface area contributed by atoms with Crippen molar-refractivity contribution < 1.29 is 22.7 Å². The Hall–Kier alpha value is -1.15. The molecule has 0 aromatic carbocycles. The second-order valence-electron chi connectivity index (χ2n) is 5.81. The molecule has 4 nitrogen and oxygen atoms in total. The molecule has 22 heavy (non-hydrogen) atoms. The summed E-state index contributed by atoms with van der Waals surface area (Å²) in [4.78, 5) is 15.9. The molecule has 3 rings (SSSR count). The number of hydrogen-bond acceptors (Lipinski definition) is 4. The van der Waals surface area contributed by atoms with Crippen molar-refractivity contribution in [3.63, 3.8) is 0 Å². The maximum atomic E-state index is 12.6. The number of hydrogen-bond donors (Lipinski definition) is 1. The highest BCUT2D eigenvalue weighted by Gasteiger charge is 2.47. The second kappa shape index (κ2) is 5.81. The molecule has 2 fully saturated rings. The third-order valence-corrected chi connectivity index (χ3v) is 5.22. The van der Waals surface area contributed by atoms with Gasteiger partial charge < -0.3 is 10.1 Å². The number of alkyl halides is 3. The first-order valence-electron chi connectivity index (χ1n) is 7.38. The van der Waals surface area contributed by atoms with Crippen LogP contribution in [0.1, 0.15) is 55.3 Å². The van der Waals surface area contributed by atoms with Crippen LogP contribution in [0.3, 0.4) is 0 Å². The van der Waals surface area contributed by atoms with Crippen molar-refractivity contribution in [2.24, 2.45) is 0 Å². The summed E-state index contributed by atoms with van der Waals surface area (Å²) in [6, 6.07) is 0. The highest BCUT2D eigenvalue weighted by molar-refractivity contribution is 7.09. The van der Waals surface area contributed by atoms with Gasteiger partial charge in [-0.1, -0.05) is 12.8 Å². The summed E-state index contributed by atoms with van der Waals surface area (Å²) < 4.78 is 43.3. The maximum Gasteiger partial charge on any atom is 0.471 e. The first-order valence-corrected chi connectivity index (χ1v) is 8.25. The zero-order valence-electron chi connectivity index (χ0n) is 11.9. The van der Waals surface area contributed by atoms with Crippen molar-refractivity contribution in [1.29, 1.82) is 0 Å². The van der Waals surface area contributed by atoms with Gasteiger partial charge in [0.15, 0.2) is 0 Å². The Morgan fingerprint density at radius 2 is 2.09 bits per heavy atom. The summed E-state index contributed by atoms with van der Waals surface area (Å²) in [5.41, 5.74) is -0.446. The van der Waals surface area contributed by atoms with E-state index in [2.05, 4.69) is 10.3 Å². The predicted molar refractivity (Wildman–Crippen MR) is 74.4 cm³/mol. The Labute approximate surface area is 130 Å². The van der Waals surface area contributed by atoms with Crippen LogP contribution in [-0.4, -0.2) is 23.7 Å². The van der Waals surface area contributed by atoms with Gasteiger partial charge in [0.05, 0.1) is 11.2 Å². The van der Waals surface area contributed by atoms with Crippen molar-refractivity contribution in [2.45, 2.75) is 56.3 Å². The van der Waals surface area contributed by atoms with Crippen LogP contribution in [0.5, 0.6) is 0 Å². The summed E-state index contributed by atoms with van der Waals surface area (Å²) in [5.74, 6) is -1.89. The van der Waals surface area contributed by atoms with E-state index < -0.39 is 17.6 Å². The second-order valence-corrected chi connectivity index (χ2v) is 6.70. The summed E-state index contributed by atoms with van der Waals surface area (Å²) in [5, 5.41) is 4.75. The monoisotopic (exact) mass is 334 g/mol. The number of rotatable bonds is 3. The number of aromatic nitrogens is 1. The highest BCUT2D eigenvalue weighted by Crippen LogP contribution is 2.41. The molecule has 0 radical (unpaired) electrons. The molecule has 0 spiro atoms. The van der Waals surface area contributed by atoms with E-state index in [0.717, 1.165) is 30.7 Å². The van der Waals surface area contributed by atoms with Crippen LogP contribution < -0.4 is 5.32 Å². The van der Waals surface area contributed by atoms with E-state index in [1.165, 1.54) is 11.3 Å². The van der Waals surface area contributed by atoms with Gasteiger partial charge in [-0.3, -0.25) is 4.79 Å². The molecule has 0 unspecified atom stereocenters. The molecular formula is C14H17F3N2O2S. The van der Waals surface area contributed by atoms with Crippen molar-refractivity contribution in [2.75, 3.05) is 6.61 Å². The number of nitrogens with one attached hydrogen (secondary N) is 1.